The monoisotopic (exact) mass is 409 g/mol. The Morgan fingerprint density at radius 2 is 1.86 bits per heavy atom. The first-order valence-electron chi connectivity index (χ1n) is 9.20. The molecule has 3 aromatic rings. The molecule has 6 nitrogen and oxygen atoms in total. The van der Waals surface area contributed by atoms with E-state index >= 15 is 0 Å². The van der Waals surface area contributed by atoms with E-state index in [-0.39, 0.29) is 24.6 Å². The molecule has 29 heavy (non-hydrogen) atoms. The van der Waals surface area contributed by atoms with Gasteiger partial charge in [-0.3, -0.25) is 9.59 Å². The number of amides is 2. The van der Waals surface area contributed by atoms with E-state index in [1.807, 2.05) is 37.3 Å². The quantitative estimate of drug-likeness (QED) is 0.575. The van der Waals surface area contributed by atoms with Gasteiger partial charge in [-0.15, -0.1) is 0 Å². The summed E-state index contributed by atoms with van der Waals surface area (Å²) < 4.78 is 5.17. The molecule has 150 valence electrons. The lowest BCUT2D eigenvalue weighted by Crippen LogP contribution is -2.35. The van der Waals surface area contributed by atoms with Crippen molar-refractivity contribution in [2.24, 2.45) is 5.73 Å². The van der Waals surface area contributed by atoms with E-state index in [1.54, 1.807) is 36.3 Å². The molecule has 0 spiro atoms. The van der Waals surface area contributed by atoms with Gasteiger partial charge in [0.2, 0.25) is 11.8 Å². The van der Waals surface area contributed by atoms with E-state index in [4.69, 9.17) is 10.5 Å². The number of carbonyl (C=O) groups excluding carboxylic acids is 2. The Hall–Kier alpha value is -3.06. The summed E-state index contributed by atoms with van der Waals surface area (Å²) in [6.45, 7) is 2.26. The Morgan fingerprint density at radius 1 is 1.14 bits per heavy atom. The van der Waals surface area contributed by atoms with E-state index in [1.165, 1.54) is 11.8 Å². The maximum atomic E-state index is 12.9. The third kappa shape index (κ3) is 5.26. The molecule has 1 heterocycles. The third-order valence-electron chi connectivity index (χ3n) is 4.51. The Morgan fingerprint density at radius 3 is 2.55 bits per heavy atom. The summed E-state index contributed by atoms with van der Waals surface area (Å²) >= 11 is 1.38. The average Bonchev–Trinajstić information content (AvgIpc) is 2.72. The van der Waals surface area contributed by atoms with Crippen LogP contribution in [0.4, 0.5) is 5.69 Å². The van der Waals surface area contributed by atoms with Crippen LogP contribution in [0.3, 0.4) is 0 Å². The minimum Gasteiger partial charge on any atom is -0.497 e. The van der Waals surface area contributed by atoms with Crippen LogP contribution >= 0.6 is 11.8 Å². The van der Waals surface area contributed by atoms with E-state index in [9.17, 15) is 9.59 Å². The number of aryl methyl sites for hydroxylation is 1. The molecule has 0 aliphatic rings. The van der Waals surface area contributed by atoms with E-state index in [0.29, 0.717) is 11.4 Å². The molecule has 0 bridgehead atoms. The summed E-state index contributed by atoms with van der Waals surface area (Å²) in [5.41, 5.74) is 8.00. The highest BCUT2D eigenvalue weighted by Crippen LogP contribution is 2.25. The van der Waals surface area contributed by atoms with Gasteiger partial charge in [-0.05, 0) is 48.9 Å². The van der Waals surface area contributed by atoms with Crippen molar-refractivity contribution in [1.82, 2.24) is 4.98 Å². The van der Waals surface area contributed by atoms with E-state index < -0.39 is 5.91 Å². The summed E-state index contributed by atoms with van der Waals surface area (Å²) in [5.74, 6) is 0.335. The van der Waals surface area contributed by atoms with Crippen LogP contribution in [0, 0.1) is 6.92 Å². The molecular weight excluding hydrogens is 386 g/mol. The topological polar surface area (TPSA) is 85.5 Å². The summed E-state index contributed by atoms with van der Waals surface area (Å²) in [6, 6.07) is 17.1. The molecule has 0 fully saturated rings. The second-order valence-corrected chi connectivity index (χ2v) is 7.54. The number of ether oxygens (including phenoxy) is 1. The summed E-state index contributed by atoms with van der Waals surface area (Å²) in [6.07, 6.45) is 0.0930. The summed E-state index contributed by atoms with van der Waals surface area (Å²) in [5, 5.41) is 1.89. The van der Waals surface area contributed by atoms with Crippen molar-refractivity contribution in [3.63, 3.8) is 0 Å². The SMILES string of the molecule is COc1ccc(N(CCC(N)=O)C(=O)CSc2cc(C)c3ccccc3n2)cc1. The molecule has 0 aliphatic heterocycles. The smallest absolute Gasteiger partial charge is 0.237 e. The zero-order valence-electron chi connectivity index (χ0n) is 16.4. The van der Waals surface area contributed by atoms with Gasteiger partial charge in [0.25, 0.3) is 0 Å². The first-order valence-corrected chi connectivity index (χ1v) is 10.2. The molecule has 0 saturated carbocycles. The molecule has 0 aliphatic carbocycles. The highest BCUT2D eigenvalue weighted by atomic mass is 32.2. The predicted molar refractivity (Wildman–Crippen MR) is 116 cm³/mol. The number of hydrogen-bond donors (Lipinski definition) is 1. The van der Waals surface area contributed by atoms with Gasteiger partial charge in [0.15, 0.2) is 0 Å². The number of benzene rings is 2. The second kappa shape index (κ2) is 9.43. The van der Waals surface area contributed by atoms with Crippen LogP contribution < -0.4 is 15.4 Å². The molecule has 0 saturated heterocycles. The fraction of sp³-hybridized carbons (Fsp3) is 0.227. The highest BCUT2D eigenvalue weighted by molar-refractivity contribution is 7.99. The number of pyridine rings is 1. The number of fused-ring (bicyclic) bond motifs is 1. The largest absolute Gasteiger partial charge is 0.497 e. The first-order chi connectivity index (χ1) is 14.0. The maximum absolute atomic E-state index is 12.9. The van der Waals surface area contributed by atoms with Crippen molar-refractivity contribution >= 4 is 40.2 Å². The lowest BCUT2D eigenvalue weighted by molar-refractivity contribution is -0.118. The van der Waals surface area contributed by atoms with Gasteiger partial charge >= 0.3 is 0 Å². The zero-order chi connectivity index (χ0) is 20.8. The number of methoxy groups -OCH3 is 1. The van der Waals surface area contributed by atoms with Crippen molar-refractivity contribution in [1.29, 1.82) is 0 Å². The fourth-order valence-corrected chi connectivity index (χ4v) is 3.84. The van der Waals surface area contributed by atoms with Crippen molar-refractivity contribution in [3.8, 4) is 5.75 Å². The average molecular weight is 410 g/mol. The molecule has 2 aromatic carbocycles. The molecule has 0 unspecified atom stereocenters. The van der Waals surface area contributed by atoms with Crippen molar-refractivity contribution in [2.75, 3.05) is 24.3 Å². The van der Waals surface area contributed by atoms with Crippen LogP contribution in [0.2, 0.25) is 0 Å². The van der Waals surface area contributed by atoms with Gasteiger partial charge in [-0.1, -0.05) is 30.0 Å². The van der Waals surface area contributed by atoms with Crippen LogP contribution in [0.1, 0.15) is 12.0 Å². The molecule has 0 atom stereocenters. The molecule has 3 rings (SSSR count). The number of anilines is 1. The minimum atomic E-state index is -0.448. The summed E-state index contributed by atoms with van der Waals surface area (Å²) in [7, 11) is 1.58. The van der Waals surface area contributed by atoms with Crippen LogP contribution in [0.15, 0.2) is 59.6 Å². The second-order valence-electron chi connectivity index (χ2n) is 6.54. The minimum absolute atomic E-state index is 0.0930. The van der Waals surface area contributed by atoms with Crippen molar-refractivity contribution in [3.05, 3.63) is 60.2 Å². The van der Waals surface area contributed by atoms with Gasteiger partial charge < -0.3 is 15.4 Å². The van der Waals surface area contributed by atoms with Gasteiger partial charge in [0.05, 0.1) is 23.4 Å². The lowest BCUT2D eigenvalue weighted by Gasteiger charge is -2.22. The van der Waals surface area contributed by atoms with Gasteiger partial charge in [0.1, 0.15) is 5.75 Å². The number of carbonyl (C=O) groups is 2. The van der Waals surface area contributed by atoms with Crippen LogP contribution in [-0.2, 0) is 9.59 Å². The Balaban J connectivity index is 1.76. The molecule has 0 radical (unpaired) electrons. The highest BCUT2D eigenvalue weighted by Gasteiger charge is 2.17. The number of hydrogen-bond acceptors (Lipinski definition) is 5. The molecule has 2 N–H and O–H groups in total. The van der Waals surface area contributed by atoms with Crippen LogP contribution in [0.25, 0.3) is 10.9 Å². The number of rotatable bonds is 8. The number of nitrogens with two attached hydrogens (primary N) is 1. The van der Waals surface area contributed by atoms with Crippen molar-refractivity contribution in [2.45, 2.75) is 18.4 Å². The number of thioether (sulfide) groups is 1. The van der Waals surface area contributed by atoms with Gasteiger partial charge in [0, 0.05) is 24.0 Å². The zero-order valence-corrected chi connectivity index (χ0v) is 17.2. The Bertz CT molecular complexity index is 1020. The van der Waals surface area contributed by atoms with Gasteiger partial charge in [-0.25, -0.2) is 4.98 Å². The third-order valence-corrected chi connectivity index (χ3v) is 5.41. The van der Waals surface area contributed by atoms with Crippen LogP contribution in [0.5, 0.6) is 5.75 Å². The maximum Gasteiger partial charge on any atom is 0.237 e. The van der Waals surface area contributed by atoms with Gasteiger partial charge in [-0.2, -0.15) is 0 Å². The number of nitrogens with zero attached hydrogens (tertiary/aromatic N) is 2. The van der Waals surface area contributed by atoms with Crippen LogP contribution in [-0.4, -0.2) is 36.2 Å². The molecule has 7 heteroatoms. The number of para-hydroxylation sites is 1. The van der Waals surface area contributed by atoms with E-state index in [0.717, 1.165) is 21.5 Å². The molecule has 2 amide bonds. The standard InChI is InChI=1S/C22H23N3O3S/c1-15-13-21(24-19-6-4-3-5-18(15)19)29-14-22(27)25(12-11-20(23)26)16-7-9-17(28-2)10-8-16/h3-10,13H,11-12,14H2,1-2H3,(H2,23,26). The molecule has 1 aromatic heterocycles. The predicted octanol–water partition coefficient (Wildman–Crippen LogP) is 3.55. The molecular formula is C22H23N3O3S. The van der Waals surface area contributed by atoms with E-state index in [2.05, 4.69) is 4.98 Å². The Kier molecular flexibility index (Phi) is 6.72. The number of primary amides is 1. The normalized spacial score (nSPS) is 10.7. The van der Waals surface area contributed by atoms with Crippen molar-refractivity contribution < 1.29 is 14.3 Å². The fourth-order valence-electron chi connectivity index (χ4n) is 2.99. The summed E-state index contributed by atoms with van der Waals surface area (Å²) in [4.78, 5) is 30.4. The lowest BCUT2D eigenvalue weighted by atomic mass is 10.1. The first kappa shape index (κ1) is 20.7. The number of aromatic nitrogens is 1. The Labute approximate surface area is 174 Å².